The zero-order valence-corrected chi connectivity index (χ0v) is 65.0. The van der Waals surface area contributed by atoms with Crippen LogP contribution in [0.3, 0.4) is 0 Å². The van der Waals surface area contributed by atoms with E-state index < -0.39 is 118 Å². The first-order valence-electron chi connectivity index (χ1n) is 27.0. The second-order valence-corrected chi connectivity index (χ2v) is 20.1. The molecule has 10 rings (SSSR count). The Kier molecular flexibility index (Phi) is 35.0. The van der Waals surface area contributed by atoms with E-state index in [1.165, 1.54) is 40.8 Å². The number of halogens is 28. The van der Waals surface area contributed by atoms with Gasteiger partial charge in [-0.2, -0.15) is 134 Å². The Balaban J connectivity index is 0.000000668. The van der Waals surface area contributed by atoms with Crippen LogP contribution in [0.4, 0.5) is 123 Å². The summed E-state index contributed by atoms with van der Waals surface area (Å²) < 4.78 is 350. The quantitative estimate of drug-likeness (QED) is 0.117. The van der Waals surface area contributed by atoms with Crippen molar-refractivity contribution in [2.45, 2.75) is 97.1 Å². The molecule has 0 saturated heterocycles. The second kappa shape index (κ2) is 38.4. The molecule has 0 aliphatic rings. The van der Waals surface area contributed by atoms with E-state index in [9.17, 15) is 123 Å². The van der Waals surface area contributed by atoms with E-state index in [0.717, 1.165) is 36.8 Å². The first kappa shape index (κ1) is 98.4. The average Bonchev–Trinajstić information content (AvgIpc) is 0.818. The molecule has 0 unspecified atom stereocenters. The summed E-state index contributed by atoms with van der Waals surface area (Å²) in [6.07, 6.45) is -34.6. The van der Waals surface area contributed by atoms with Crippen LogP contribution >= 0.6 is 0 Å². The maximum absolute atomic E-state index is 13.3. The maximum Gasteiger partial charge on any atom is 0.437 e. The number of nitrogens with zero attached hydrogens (tertiary/aromatic N) is 15. The normalized spacial score (nSPS) is 11.8. The van der Waals surface area contributed by atoms with Crippen LogP contribution in [0.2, 0.25) is 0 Å². The monoisotopic (exact) mass is 2460 g/mol. The van der Waals surface area contributed by atoms with E-state index in [1.807, 2.05) is 12.1 Å². The van der Waals surface area contributed by atoms with Crippen LogP contribution in [-0.2, 0) is 156 Å². The Bertz CT molecular complexity index is 4630. The summed E-state index contributed by atoms with van der Waals surface area (Å²) in [5.74, 6) is -1.93. The van der Waals surface area contributed by atoms with E-state index in [1.54, 1.807) is 13.1 Å². The van der Waals surface area contributed by atoms with Gasteiger partial charge in [-0.05, 0) is 73.0 Å². The molecule has 108 heavy (non-hydrogen) atoms. The van der Waals surface area contributed by atoms with Crippen molar-refractivity contribution >= 4 is 0 Å². The predicted octanol–water partition coefficient (Wildman–Crippen LogP) is 17.8. The van der Waals surface area contributed by atoms with Crippen LogP contribution in [0.15, 0.2) is 86.1 Å². The fourth-order valence-electron chi connectivity index (χ4n) is 7.65. The molecule has 0 spiro atoms. The first-order valence-corrected chi connectivity index (χ1v) is 27.0. The molecule has 15 nitrogen and oxygen atoms in total. The summed E-state index contributed by atoms with van der Waals surface area (Å²) in [6, 6.07) is 15.1. The minimum absolute atomic E-state index is 0. The van der Waals surface area contributed by atoms with Crippen LogP contribution in [0.1, 0.15) is 85.4 Å². The molecule has 593 valence electrons. The summed E-state index contributed by atoms with van der Waals surface area (Å²) in [5, 5.41) is 0. The summed E-state index contributed by atoms with van der Waals surface area (Å²) in [4.78, 5) is 50.7. The molecule has 48 heteroatoms. The number of hydrogen-bond acceptors (Lipinski definition) is 15. The zero-order chi connectivity index (χ0) is 77.6. The molecule has 0 aliphatic carbocycles. The molecule has 0 N–H and O–H groups in total. The van der Waals surface area contributed by atoms with Crippen LogP contribution in [0.5, 0.6) is 0 Å². The van der Waals surface area contributed by atoms with Gasteiger partial charge in [0.15, 0.2) is 17.1 Å². The summed E-state index contributed by atoms with van der Waals surface area (Å²) in [7, 11) is 0. The topological polar surface area (TPSA) is 193 Å². The largest absolute Gasteiger partial charge is 0.437 e. The third-order valence-electron chi connectivity index (χ3n) is 12.1. The van der Waals surface area contributed by atoms with Gasteiger partial charge < -0.3 is 24.9 Å². The number of rotatable bonds is 5. The van der Waals surface area contributed by atoms with E-state index >= 15 is 0 Å². The molecule has 10 aromatic rings. The molecular formula is C60H32F28Ir5N15-5. The Morgan fingerprint density at radius 2 is 0.593 bits per heavy atom. The van der Waals surface area contributed by atoms with Crippen LogP contribution < -0.4 is 0 Å². The summed E-state index contributed by atoms with van der Waals surface area (Å²) in [6.45, 7) is 8.27. The summed E-state index contributed by atoms with van der Waals surface area (Å²) >= 11 is 0. The SMILES string of the molecule is Cc1cc(-c2cnc(C(F)(F)F)c(F)n2)[c-]c(C(F)(F)F)n1.Cc1cc(-c2cncc(C(F)(F)F)n2)[c-]c(C(F)(F)F)n1.Cc1cncc(-c2[c-]cc(C(F)(F)F)nc2C)n1.Cc1nc(C(F)(F)F)c[c-]c1-c1cnc(C(F)(F)F)cn1.Cc1nc(C(F)(F)F)c[c-]c1-c1cncc(C(F)(F)F)n1.[Ir].[Ir].[Ir].[Ir].[Ir]. The van der Waals surface area contributed by atoms with Crippen molar-refractivity contribution in [2.75, 3.05) is 0 Å². The minimum Gasteiger partial charge on any atom is -0.344 e. The maximum atomic E-state index is 13.3. The third kappa shape index (κ3) is 28.1. The van der Waals surface area contributed by atoms with Crippen molar-refractivity contribution in [3.05, 3.63) is 208 Å². The van der Waals surface area contributed by atoms with Gasteiger partial charge in [0.2, 0.25) is 5.95 Å². The van der Waals surface area contributed by atoms with E-state index in [-0.39, 0.29) is 168 Å². The predicted molar refractivity (Wildman–Crippen MR) is 294 cm³/mol. The van der Waals surface area contributed by atoms with Gasteiger partial charge in [0, 0.05) is 154 Å². The van der Waals surface area contributed by atoms with Crippen molar-refractivity contribution in [1.82, 2.24) is 74.8 Å². The molecule has 0 saturated carbocycles. The second-order valence-electron chi connectivity index (χ2n) is 20.1. The number of hydrogen-bond donors (Lipinski definition) is 0. The Morgan fingerprint density at radius 1 is 0.269 bits per heavy atom. The molecule has 0 atom stereocenters. The third-order valence-corrected chi connectivity index (χ3v) is 12.1. The molecule has 0 aromatic carbocycles. The number of aromatic nitrogens is 15. The number of pyridine rings is 5. The molecule has 10 aromatic heterocycles. The van der Waals surface area contributed by atoms with Gasteiger partial charge in [-0.25, -0.2) is 0 Å². The molecule has 0 aliphatic heterocycles. The molecular weight excluding hydrogens is 2420 g/mol. The van der Waals surface area contributed by atoms with Gasteiger partial charge in [0.05, 0.1) is 40.9 Å². The van der Waals surface area contributed by atoms with Crippen molar-refractivity contribution in [3.63, 3.8) is 0 Å². The van der Waals surface area contributed by atoms with Gasteiger partial charge in [-0.1, -0.05) is 20.8 Å². The zero-order valence-electron chi connectivity index (χ0n) is 53.0. The van der Waals surface area contributed by atoms with Crippen LogP contribution in [-0.4, -0.2) is 74.8 Å². The van der Waals surface area contributed by atoms with Gasteiger partial charge in [0.1, 0.15) is 5.69 Å². The first-order chi connectivity index (χ1) is 47.1. The van der Waals surface area contributed by atoms with E-state index in [4.69, 9.17) is 0 Å². The van der Waals surface area contributed by atoms with E-state index in [2.05, 4.69) is 93.0 Å². The Morgan fingerprint density at radius 3 is 0.907 bits per heavy atom. The number of aryl methyl sites for hydroxylation is 6. The van der Waals surface area contributed by atoms with Gasteiger partial charge >= 0.3 is 55.6 Å². The van der Waals surface area contributed by atoms with Crippen LogP contribution in [0.25, 0.3) is 56.3 Å². The van der Waals surface area contributed by atoms with Crippen molar-refractivity contribution < 1.29 is 223 Å². The average molecular weight is 2460 g/mol. The van der Waals surface area contributed by atoms with Gasteiger partial charge in [-0.15, -0.1) is 77.4 Å². The molecule has 10 heterocycles. The Labute approximate surface area is 655 Å². The molecule has 0 amide bonds. The smallest absolute Gasteiger partial charge is 0.344 e. The van der Waals surface area contributed by atoms with Crippen LogP contribution in [0, 0.1) is 77.8 Å². The van der Waals surface area contributed by atoms with Gasteiger partial charge in [-0.3, -0.25) is 49.8 Å². The molecule has 0 bridgehead atoms. The van der Waals surface area contributed by atoms with Crippen molar-refractivity contribution in [3.8, 4) is 56.3 Å². The fourth-order valence-corrected chi connectivity index (χ4v) is 7.65. The van der Waals surface area contributed by atoms with Crippen molar-refractivity contribution in [2.24, 2.45) is 0 Å². The minimum atomic E-state index is -5.05. The van der Waals surface area contributed by atoms with E-state index in [0.29, 0.717) is 53.9 Å². The Hall–Kier alpha value is -7.56. The number of alkyl halides is 27. The molecule has 0 fully saturated rings. The molecule has 5 radical (unpaired) electrons. The van der Waals surface area contributed by atoms with Gasteiger partial charge in [0.25, 0.3) is 0 Å². The summed E-state index contributed by atoms with van der Waals surface area (Å²) in [5.41, 5.74) is -11.8. The fraction of sp³-hybridized carbons (Fsp3) is 0.250. The standard InChI is InChI=1S/C12H5F7N3.3C12H6F6N3.C12H9F3N3.5Ir/c1-5-2-6(3-8(21-5)11(14,15)16)7-4-20-9(10(13)22-7)12(17,18)19;1-6-2-7(3-9(20-6)11(13,14)15)8-4-19-5-10(21-8)12(16,17)18;1-6-7(2-3-9(21-6)11(13,14)15)8-4-20-10(5-19-8)12(16,17)18;1-6-7(2-3-9(20-6)11(13,14)15)8-4-19-5-10(21-8)12(16,17)18;1-7-5-16-6-10(17-7)9-3-4-11(12(13,14)15)18-8(9)2;;;;;/h2,4H,1H3;2,4-5H,1H3;2*3-5H,1H3;4-6H,1-2H3;;;;;/q5*-1;;;;;. The van der Waals surface area contributed by atoms with Crippen molar-refractivity contribution in [1.29, 1.82) is 0 Å².